The van der Waals surface area contributed by atoms with Crippen LogP contribution in [-0.4, -0.2) is 65.3 Å². The van der Waals surface area contributed by atoms with Crippen molar-refractivity contribution >= 4 is 29.7 Å². The van der Waals surface area contributed by atoms with Crippen LogP contribution >= 0.6 is 0 Å². The van der Waals surface area contributed by atoms with Gasteiger partial charge < -0.3 is 23.7 Å². The fraction of sp³-hybridized carbons (Fsp3) is 0.606. The molecule has 1 aromatic rings. The lowest BCUT2D eigenvalue weighted by Gasteiger charge is -2.30. The van der Waals surface area contributed by atoms with Crippen molar-refractivity contribution in [1.82, 2.24) is 0 Å². The summed E-state index contributed by atoms with van der Waals surface area (Å²) in [6.07, 6.45) is -1.73. The highest BCUT2D eigenvalue weighted by atomic mass is 16.7. The van der Waals surface area contributed by atoms with Crippen LogP contribution in [0.2, 0.25) is 0 Å². The van der Waals surface area contributed by atoms with Crippen LogP contribution in [0.3, 0.4) is 0 Å². The molecule has 1 heterocycles. The van der Waals surface area contributed by atoms with Gasteiger partial charge >= 0.3 is 23.9 Å². The number of benzene rings is 1. The third-order valence-corrected chi connectivity index (χ3v) is 9.82. The maximum atomic E-state index is 14.4. The van der Waals surface area contributed by atoms with E-state index in [0.29, 0.717) is 11.1 Å². The predicted molar refractivity (Wildman–Crippen MR) is 151 cm³/mol. The average molecular weight is 597 g/mol. The zero-order chi connectivity index (χ0) is 31.6. The molecule has 0 bridgehead atoms. The van der Waals surface area contributed by atoms with Gasteiger partial charge in [-0.1, -0.05) is 45.9 Å². The molecule has 3 fully saturated rings. The van der Waals surface area contributed by atoms with Gasteiger partial charge in [0.05, 0.1) is 11.5 Å². The van der Waals surface area contributed by atoms with E-state index >= 15 is 0 Å². The highest BCUT2D eigenvalue weighted by Crippen LogP contribution is 2.68. The monoisotopic (exact) mass is 596 g/mol. The highest BCUT2D eigenvalue weighted by molar-refractivity contribution is 5.96. The number of fused-ring (bicyclic) bond motifs is 1. The van der Waals surface area contributed by atoms with Crippen LogP contribution < -0.4 is 0 Å². The highest BCUT2D eigenvalue weighted by Gasteiger charge is 2.84. The second-order valence-corrected chi connectivity index (χ2v) is 13.2. The van der Waals surface area contributed by atoms with E-state index in [9.17, 15) is 24.0 Å². The molecule has 0 radical (unpaired) electrons. The normalized spacial score (nSPS) is 40.2. The standard InChI is InChI=1S/C33H40O10/c1-16-14-33-29(41-21(6)36)17(2)15-32(33,43-33)28(37)18(3)26(39-19(4)34)23-24(31(23,7)8)27(40-20(5)35)25(16)42-30(38)22-12-10-9-11-13-22/h9-14,17-18,23-27,29H,15H2,1-8H3/b16-14+/t17-,18+,23-,24+,25+,26+,27-,29-,32-,33-/m0/s1. The zero-order valence-corrected chi connectivity index (χ0v) is 25.9. The lowest BCUT2D eigenvalue weighted by molar-refractivity contribution is -0.158. The van der Waals surface area contributed by atoms with Gasteiger partial charge in [0, 0.05) is 32.6 Å². The van der Waals surface area contributed by atoms with E-state index in [1.165, 1.54) is 20.8 Å². The largest absolute Gasteiger partial charge is 0.461 e. The Labute approximate surface area is 251 Å². The first-order valence-corrected chi connectivity index (χ1v) is 14.8. The summed E-state index contributed by atoms with van der Waals surface area (Å²) in [6.45, 7) is 13.1. The Morgan fingerprint density at radius 3 is 1.98 bits per heavy atom. The number of rotatable bonds is 5. The molecule has 4 aliphatic rings. The van der Waals surface area contributed by atoms with E-state index in [4.69, 9.17) is 23.7 Å². The quantitative estimate of drug-likeness (QED) is 0.212. The summed E-state index contributed by atoms with van der Waals surface area (Å²) in [5.74, 6) is -4.41. The molecule has 1 aromatic carbocycles. The van der Waals surface area contributed by atoms with Crippen LogP contribution in [0.25, 0.3) is 0 Å². The first-order chi connectivity index (χ1) is 20.1. The van der Waals surface area contributed by atoms with Crippen molar-refractivity contribution in [1.29, 1.82) is 0 Å². The topological polar surface area (TPSA) is 135 Å². The van der Waals surface area contributed by atoms with Crippen LogP contribution in [0.15, 0.2) is 42.0 Å². The first-order valence-electron chi connectivity index (χ1n) is 14.8. The van der Waals surface area contributed by atoms with Gasteiger partial charge in [-0.15, -0.1) is 0 Å². The Morgan fingerprint density at radius 1 is 0.837 bits per heavy atom. The van der Waals surface area contributed by atoms with Crippen LogP contribution in [0.5, 0.6) is 0 Å². The van der Waals surface area contributed by atoms with Gasteiger partial charge in [0.2, 0.25) is 0 Å². The van der Waals surface area contributed by atoms with E-state index in [2.05, 4.69) is 0 Å². The molecule has 10 nitrogen and oxygen atoms in total. The summed E-state index contributed by atoms with van der Waals surface area (Å²) >= 11 is 0. The molecular weight excluding hydrogens is 556 g/mol. The van der Waals surface area contributed by atoms with Crippen LogP contribution in [0.4, 0.5) is 0 Å². The number of hydrogen-bond acceptors (Lipinski definition) is 10. The van der Waals surface area contributed by atoms with Crippen LogP contribution in [-0.2, 0) is 42.9 Å². The van der Waals surface area contributed by atoms with Crippen molar-refractivity contribution in [2.24, 2.45) is 29.1 Å². The third-order valence-electron chi connectivity index (χ3n) is 9.82. The van der Waals surface area contributed by atoms with Crippen molar-refractivity contribution < 1.29 is 47.7 Å². The Bertz CT molecular complexity index is 1380. The molecule has 0 spiro atoms. The van der Waals surface area contributed by atoms with Gasteiger partial charge in [-0.2, -0.15) is 0 Å². The minimum absolute atomic E-state index is 0.243. The van der Waals surface area contributed by atoms with Gasteiger partial charge in [-0.25, -0.2) is 4.79 Å². The smallest absolute Gasteiger partial charge is 0.338 e. The fourth-order valence-corrected chi connectivity index (χ4v) is 7.97. The summed E-state index contributed by atoms with van der Waals surface area (Å²) in [4.78, 5) is 65.0. The molecular formula is C33H40O10. The maximum absolute atomic E-state index is 14.4. The van der Waals surface area contributed by atoms with E-state index in [-0.39, 0.29) is 18.1 Å². The number of ketones is 1. The van der Waals surface area contributed by atoms with Gasteiger partial charge in [0.15, 0.2) is 23.1 Å². The summed E-state index contributed by atoms with van der Waals surface area (Å²) in [7, 11) is 0. The number of epoxide rings is 1. The van der Waals surface area contributed by atoms with Crippen molar-refractivity contribution in [3.8, 4) is 0 Å². The SMILES string of the molecule is CC(=O)O[C@H]1[C@H]2[C@@H]([C@H](OC(C)=O)[C@@H](C)C(=O)[C@@]34C[C@H](C)[C@H](OC(C)=O)[C@]3(/C=C(\C)[C@H]1OC(=O)c1ccccc1)O4)C2(C)C. The molecule has 1 aliphatic heterocycles. The zero-order valence-electron chi connectivity index (χ0n) is 25.9. The number of ether oxygens (including phenoxy) is 5. The molecule has 1 saturated heterocycles. The summed E-state index contributed by atoms with van der Waals surface area (Å²) < 4.78 is 30.1. The molecule has 10 heteroatoms. The summed E-state index contributed by atoms with van der Waals surface area (Å²) in [5.41, 5.74) is -2.45. The molecule has 10 atom stereocenters. The molecule has 43 heavy (non-hydrogen) atoms. The predicted octanol–water partition coefficient (Wildman–Crippen LogP) is 3.99. The molecule has 232 valence electrons. The average Bonchev–Trinajstić information content (AvgIpc) is 3.71. The first kappa shape index (κ1) is 30.9. The summed E-state index contributed by atoms with van der Waals surface area (Å²) in [6, 6.07) is 8.45. The van der Waals surface area contributed by atoms with Gasteiger partial charge in [-0.3, -0.25) is 19.2 Å². The Kier molecular flexibility index (Phi) is 7.60. The van der Waals surface area contributed by atoms with Crippen molar-refractivity contribution in [2.75, 3.05) is 0 Å². The van der Waals surface area contributed by atoms with E-state index in [1.807, 2.05) is 20.8 Å². The van der Waals surface area contributed by atoms with Gasteiger partial charge in [0.1, 0.15) is 18.3 Å². The van der Waals surface area contributed by atoms with E-state index in [0.717, 1.165) is 0 Å². The van der Waals surface area contributed by atoms with Crippen LogP contribution in [0.1, 0.15) is 72.2 Å². The van der Waals surface area contributed by atoms with Gasteiger partial charge in [0.25, 0.3) is 0 Å². The molecule has 0 amide bonds. The lowest BCUT2D eigenvalue weighted by atomic mass is 9.80. The minimum atomic E-state index is -1.34. The number of Topliss-reactive ketones (excluding diaryl/α,β-unsaturated/α-hetero) is 1. The number of hydrogen-bond donors (Lipinski definition) is 0. The summed E-state index contributed by atoms with van der Waals surface area (Å²) in [5, 5.41) is 0. The molecule has 3 aliphatic carbocycles. The minimum Gasteiger partial charge on any atom is -0.461 e. The number of esters is 4. The maximum Gasteiger partial charge on any atom is 0.338 e. The number of carbonyl (C=O) groups is 5. The Hall–Kier alpha value is -3.53. The lowest BCUT2D eigenvalue weighted by Crippen LogP contribution is -2.43. The molecule has 0 unspecified atom stereocenters. The van der Waals surface area contributed by atoms with Crippen LogP contribution in [0, 0.1) is 29.1 Å². The van der Waals surface area contributed by atoms with Gasteiger partial charge in [-0.05, 0) is 48.5 Å². The van der Waals surface area contributed by atoms with E-state index < -0.39 is 82.7 Å². The number of carbonyl (C=O) groups excluding carboxylic acids is 5. The molecule has 5 rings (SSSR count). The van der Waals surface area contributed by atoms with Crippen molar-refractivity contribution in [3.63, 3.8) is 0 Å². The second kappa shape index (κ2) is 10.6. The van der Waals surface area contributed by atoms with Crippen molar-refractivity contribution in [3.05, 3.63) is 47.5 Å². The fourth-order valence-electron chi connectivity index (χ4n) is 7.97. The molecule has 2 saturated carbocycles. The molecule has 0 N–H and O–H groups in total. The Morgan fingerprint density at radius 2 is 1.40 bits per heavy atom. The van der Waals surface area contributed by atoms with E-state index in [1.54, 1.807) is 50.3 Å². The van der Waals surface area contributed by atoms with Crippen molar-refractivity contribution in [2.45, 2.75) is 97.4 Å². The third kappa shape index (κ3) is 4.97. The second-order valence-electron chi connectivity index (χ2n) is 13.2. The Balaban J connectivity index is 1.70. The molecule has 0 aromatic heterocycles.